The molecule has 6 nitrogen and oxygen atoms in total. The molecule has 4 aromatic heterocycles. The molecule has 2 atom stereocenters. The molecule has 1 N–H and O–H groups in total. The van der Waals surface area contributed by atoms with E-state index in [9.17, 15) is 13.2 Å². The van der Waals surface area contributed by atoms with Crippen molar-refractivity contribution in [2.45, 2.75) is 50.5 Å². The van der Waals surface area contributed by atoms with E-state index in [2.05, 4.69) is 49.4 Å². The fraction of sp³-hybridized carbons (Fsp3) is 0.321. The Hall–Kier alpha value is -3.21. The number of anilines is 1. The third-order valence-corrected chi connectivity index (χ3v) is 8.25. The number of nitrogens with zero attached hydrogens (tertiary/aromatic N) is 4. The Balaban J connectivity index is 0.00000308. The Morgan fingerprint density at radius 1 is 1.05 bits per heavy atom. The molecule has 0 spiro atoms. The predicted molar refractivity (Wildman–Crippen MR) is 151 cm³/mol. The van der Waals surface area contributed by atoms with Crippen molar-refractivity contribution >= 4 is 50.9 Å². The SMILES string of the molecule is CN(c1ncnc2sc(CC(F)(F)F)cc12)C1CCC(NCc2ccc(-c3cnc4ccoc4c3)cc2)C1.Cl. The molecule has 1 saturated carbocycles. The van der Waals surface area contributed by atoms with E-state index in [1.807, 2.05) is 25.4 Å². The summed E-state index contributed by atoms with van der Waals surface area (Å²) in [5.41, 5.74) is 4.93. The largest absolute Gasteiger partial charge is 0.463 e. The van der Waals surface area contributed by atoms with Gasteiger partial charge in [-0.1, -0.05) is 24.3 Å². The van der Waals surface area contributed by atoms with Gasteiger partial charge in [-0.25, -0.2) is 9.97 Å². The Kier molecular flexibility index (Phi) is 7.80. The molecule has 6 rings (SSSR count). The van der Waals surface area contributed by atoms with Gasteiger partial charge in [-0.3, -0.25) is 4.98 Å². The Morgan fingerprint density at radius 3 is 2.67 bits per heavy atom. The second kappa shape index (κ2) is 11.1. The van der Waals surface area contributed by atoms with Gasteiger partial charge in [0.1, 0.15) is 22.5 Å². The minimum Gasteiger partial charge on any atom is -0.463 e. The van der Waals surface area contributed by atoms with Gasteiger partial charge in [0, 0.05) is 48.4 Å². The average molecular weight is 574 g/mol. The quantitative estimate of drug-likeness (QED) is 0.223. The minimum atomic E-state index is -4.24. The zero-order valence-electron chi connectivity index (χ0n) is 21.1. The topological polar surface area (TPSA) is 67.1 Å². The molecule has 1 aliphatic carbocycles. The highest BCUT2D eigenvalue weighted by Crippen LogP contribution is 2.36. The molecule has 1 aromatic carbocycles. The average Bonchev–Trinajstić information content (AvgIpc) is 3.65. The normalized spacial score (nSPS) is 17.5. The van der Waals surface area contributed by atoms with Crippen LogP contribution < -0.4 is 10.2 Å². The smallest absolute Gasteiger partial charge is 0.393 e. The van der Waals surface area contributed by atoms with Crippen molar-refractivity contribution < 1.29 is 17.6 Å². The molecule has 0 saturated heterocycles. The number of nitrogens with one attached hydrogen (secondary N) is 1. The van der Waals surface area contributed by atoms with Crippen LogP contribution in [-0.2, 0) is 13.0 Å². The van der Waals surface area contributed by atoms with Gasteiger partial charge in [-0.2, -0.15) is 13.2 Å². The van der Waals surface area contributed by atoms with Crippen molar-refractivity contribution in [2.75, 3.05) is 11.9 Å². The lowest BCUT2D eigenvalue weighted by Crippen LogP contribution is -2.33. The fourth-order valence-corrected chi connectivity index (χ4v) is 6.23. The second-order valence-electron chi connectivity index (χ2n) is 9.80. The summed E-state index contributed by atoms with van der Waals surface area (Å²) < 4.78 is 44.2. The van der Waals surface area contributed by atoms with Gasteiger partial charge in [0.05, 0.1) is 18.1 Å². The number of rotatable bonds is 7. The molecule has 0 amide bonds. The van der Waals surface area contributed by atoms with Crippen LogP contribution in [0.2, 0.25) is 0 Å². The van der Waals surface area contributed by atoms with Crippen LogP contribution in [0.4, 0.5) is 19.0 Å². The summed E-state index contributed by atoms with van der Waals surface area (Å²) in [5.74, 6) is 0.697. The molecule has 5 aromatic rings. The number of hydrogen-bond acceptors (Lipinski definition) is 7. The summed E-state index contributed by atoms with van der Waals surface area (Å²) in [4.78, 5) is 16.0. The van der Waals surface area contributed by atoms with E-state index in [1.54, 1.807) is 12.3 Å². The number of furan rings is 1. The van der Waals surface area contributed by atoms with Gasteiger partial charge in [-0.05, 0) is 42.5 Å². The summed E-state index contributed by atoms with van der Waals surface area (Å²) in [7, 11) is 1.98. The van der Waals surface area contributed by atoms with Crippen molar-refractivity contribution in [3.8, 4) is 11.1 Å². The van der Waals surface area contributed by atoms with Gasteiger partial charge in [0.15, 0.2) is 5.58 Å². The van der Waals surface area contributed by atoms with Crippen molar-refractivity contribution in [1.29, 1.82) is 0 Å². The maximum Gasteiger partial charge on any atom is 0.393 e. The summed E-state index contributed by atoms with van der Waals surface area (Å²) in [6.07, 6.45) is 2.72. The zero-order chi connectivity index (χ0) is 26.3. The minimum absolute atomic E-state index is 0. The number of alkyl halides is 3. The van der Waals surface area contributed by atoms with E-state index in [-0.39, 0.29) is 23.3 Å². The Morgan fingerprint density at radius 2 is 1.87 bits per heavy atom. The lowest BCUT2D eigenvalue weighted by molar-refractivity contribution is -0.126. The van der Waals surface area contributed by atoms with Crippen LogP contribution in [0.1, 0.15) is 29.7 Å². The number of fused-ring (bicyclic) bond motifs is 2. The fourth-order valence-electron chi connectivity index (χ4n) is 5.21. The molecule has 1 aliphatic rings. The highest BCUT2D eigenvalue weighted by molar-refractivity contribution is 7.18. The molecule has 204 valence electrons. The van der Waals surface area contributed by atoms with Gasteiger partial charge in [0.2, 0.25) is 0 Å². The summed E-state index contributed by atoms with van der Waals surface area (Å²) in [5, 5.41) is 4.36. The van der Waals surface area contributed by atoms with Gasteiger partial charge in [-0.15, -0.1) is 23.7 Å². The Labute approximate surface area is 233 Å². The van der Waals surface area contributed by atoms with E-state index >= 15 is 0 Å². The van der Waals surface area contributed by atoms with Crippen LogP contribution in [0.3, 0.4) is 0 Å². The third-order valence-electron chi connectivity index (χ3n) is 7.21. The number of benzene rings is 1. The number of hydrogen-bond donors (Lipinski definition) is 1. The number of thiophene rings is 1. The van der Waals surface area contributed by atoms with E-state index in [4.69, 9.17) is 4.42 Å². The molecular weight excluding hydrogens is 547 g/mol. The van der Waals surface area contributed by atoms with Crippen molar-refractivity contribution in [2.24, 2.45) is 0 Å². The number of halogens is 4. The first-order valence-electron chi connectivity index (χ1n) is 12.5. The van der Waals surface area contributed by atoms with Crippen LogP contribution >= 0.6 is 23.7 Å². The lowest BCUT2D eigenvalue weighted by atomic mass is 10.1. The standard InChI is InChI=1S/C28H26F3N5OS.ClH/c1-36(26-23-12-22(13-28(29,30)31)38-27(23)35-16-34-26)21-7-6-20(11-21)32-14-17-2-4-18(5-3-17)19-10-25-24(33-15-19)8-9-37-25;/h2-5,8-10,12,15-16,20-21,32H,6-7,11,13-14H2,1H3;1H. The maximum atomic E-state index is 12.9. The highest BCUT2D eigenvalue weighted by Gasteiger charge is 2.31. The maximum absolute atomic E-state index is 12.9. The molecule has 4 heterocycles. The molecule has 0 radical (unpaired) electrons. The monoisotopic (exact) mass is 573 g/mol. The van der Waals surface area contributed by atoms with Crippen LogP contribution in [-0.4, -0.2) is 40.3 Å². The second-order valence-corrected chi connectivity index (χ2v) is 10.9. The number of pyridine rings is 1. The van der Waals surface area contributed by atoms with Crippen LogP contribution in [0.5, 0.6) is 0 Å². The molecule has 39 heavy (non-hydrogen) atoms. The van der Waals surface area contributed by atoms with Gasteiger partial charge >= 0.3 is 6.18 Å². The Bertz CT molecular complexity index is 1570. The van der Waals surface area contributed by atoms with E-state index in [0.29, 0.717) is 22.1 Å². The first-order chi connectivity index (χ1) is 18.3. The van der Waals surface area contributed by atoms with Crippen LogP contribution in [0.25, 0.3) is 32.4 Å². The molecule has 11 heteroatoms. The summed E-state index contributed by atoms with van der Waals surface area (Å²) in [6.45, 7) is 0.764. The van der Waals surface area contributed by atoms with Gasteiger partial charge < -0.3 is 14.6 Å². The summed E-state index contributed by atoms with van der Waals surface area (Å²) in [6, 6.07) is 14.5. The lowest BCUT2D eigenvalue weighted by Gasteiger charge is -2.26. The number of aromatic nitrogens is 3. The van der Waals surface area contributed by atoms with Crippen molar-refractivity contribution in [3.05, 3.63) is 71.7 Å². The van der Waals surface area contributed by atoms with Gasteiger partial charge in [0.25, 0.3) is 0 Å². The van der Waals surface area contributed by atoms with Crippen LogP contribution in [0.15, 0.2) is 65.7 Å². The molecular formula is C28H27ClF3N5OS. The first kappa shape index (κ1) is 27.4. The van der Waals surface area contributed by atoms with E-state index in [1.165, 1.54) is 11.9 Å². The molecule has 0 bridgehead atoms. The zero-order valence-corrected chi connectivity index (χ0v) is 22.7. The highest BCUT2D eigenvalue weighted by atomic mass is 35.5. The van der Waals surface area contributed by atoms with E-state index < -0.39 is 12.6 Å². The first-order valence-corrected chi connectivity index (χ1v) is 13.3. The van der Waals surface area contributed by atoms with Crippen molar-refractivity contribution in [1.82, 2.24) is 20.3 Å². The molecule has 1 fully saturated rings. The molecule has 2 unspecified atom stereocenters. The van der Waals surface area contributed by atoms with Crippen LogP contribution in [0, 0.1) is 0 Å². The summed E-state index contributed by atoms with van der Waals surface area (Å²) >= 11 is 1.09. The third kappa shape index (κ3) is 6.03. The predicted octanol–water partition coefficient (Wildman–Crippen LogP) is 7.17. The van der Waals surface area contributed by atoms with Crippen molar-refractivity contribution in [3.63, 3.8) is 0 Å². The van der Waals surface area contributed by atoms with E-state index in [0.717, 1.165) is 59.4 Å². The molecule has 0 aliphatic heterocycles.